The molecule has 6 heterocycles. The number of aromatic nitrogens is 4. The molecule has 4 aromatic rings. The summed E-state index contributed by atoms with van der Waals surface area (Å²) in [4.78, 5) is 16.5. The minimum Gasteiger partial charge on any atom is -0.494 e. The van der Waals surface area contributed by atoms with E-state index < -0.39 is 0 Å². The first-order chi connectivity index (χ1) is 16.1. The number of benzene rings is 1. The van der Waals surface area contributed by atoms with Crippen molar-refractivity contribution >= 4 is 39.3 Å². The Morgan fingerprint density at radius 3 is 2.73 bits per heavy atom. The van der Waals surface area contributed by atoms with Gasteiger partial charge in [0.1, 0.15) is 17.1 Å². The molecule has 3 aliphatic heterocycles. The van der Waals surface area contributed by atoms with Gasteiger partial charge in [-0.2, -0.15) is 0 Å². The van der Waals surface area contributed by atoms with Gasteiger partial charge in [-0.3, -0.25) is 0 Å². The van der Waals surface area contributed by atoms with Crippen LogP contribution in [0.4, 0.5) is 17.5 Å². The highest BCUT2D eigenvalue weighted by Gasteiger charge is 2.34. The van der Waals surface area contributed by atoms with E-state index >= 15 is 0 Å². The zero-order valence-electron chi connectivity index (χ0n) is 19.2. The first-order valence-corrected chi connectivity index (χ1v) is 11.7. The number of hydrogen-bond acceptors (Lipinski definition) is 7. The number of piperidine rings is 2. The molecule has 3 saturated heterocycles. The molecule has 7 rings (SSSR count). The summed E-state index contributed by atoms with van der Waals surface area (Å²) in [6.07, 6.45) is 8.34. The van der Waals surface area contributed by atoms with Crippen molar-refractivity contribution in [3.05, 3.63) is 42.9 Å². The number of rotatable bonds is 5. The second-order valence-electron chi connectivity index (χ2n) is 9.31. The highest BCUT2D eigenvalue weighted by Crippen LogP contribution is 2.36. The lowest BCUT2D eigenvalue weighted by Gasteiger charge is -2.47. The number of nitrogens with zero attached hydrogens (tertiary/aromatic N) is 5. The Labute approximate surface area is 193 Å². The number of fused-ring (bicyclic) bond motifs is 6. The molecule has 8 heteroatoms. The summed E-state index contributed by atoms with van der Waals surface area (Å²) in [6.45, 7) is 6.38. The Kier molecular flexibility index (Phi) is 4.83. The third-order valence-electron chi connectivity index (χ3n) is 6.95. The van der Waals surface area contributed by atoms with E-state index in [0.29, 0.717) is 29.9 Å². The SMILES string of the molecule is COc1cc(Nc2ncc3ccc4ccn(C(C)C)c4c3n2)ncc1N1CC2CCC1CN2. The summed E-state index contributed by atoms with van der Waals surface area (Å²) < 4.78 is 8.01. The Morgan fingerprint density at radius 1 is 1.12 bits per heavy atom. The molecule has 2 atom stereocenters. The van der Waals surface area contributed by atoms with Crippen LogP contribution in [0.15, 0.2) is 42.9 Å². The topological polar surface area (TPSA) is 80.1 Å². The first-order valence-electron chi connectivity index (χ1n) is 11.7. The van der Waals surface area contributed by atoms with Gasteiger partial charge in [-0.1, -0.05) is 12.1 Å². The molecule has 2 bridgehead atoms. The molecule has 170 valence electrons. The molecule has 8 nitrogen and oxygen atoms in total. The second kappa shape index (κ2) is 7.88. The summed E-state index contributed by atoms with van der Waals surface area (Å²) in [7, 11) is 1.71. The monoisotopic (exact) mass is 443 g/mol. The predicted octanol–water partition coefficient (Wildman–Crippen LogP) is 4.25. The van der Waals surface area contributed by atoms with E-state index in [9.17, 15) is 0 Å². The number of anilines is 3. The third-order valence-corrected chi connectivity index (χ3v) is 6.95. The van der Waals surface area contributed by atoms with Crippen LogP contribution < -0.4 is 20.3 Å². The Hall–Kier alpha value is -3.39. The van der Waals surface area contributed by atoms with Crippen LogP contribution in [0.5, 0.6) is 5.75 Å². The van der Waals surface area contributed by atoms with E-state index in [-0.39, 0.29) is 0 Å². The van der Waals surface area contributed by atoms with Crippen molar-refractivity contribution < 1.29 is 4.74 Å². The van der Waals surface area contributed by atoms with Crippen LogP contribution in [-0.2, 0) is 0 Å². The number of hydrogen-bond donors (Lipinski definition) is 2. The van der Waals surface area contributed by atoms with Crippen LogP contribution in [-0.4, -0.2) is 51.8 Å². The second-order valence-corrected chi connectivity index (χ2v) is 9.31. The van der Waals surface area contributed by atoms with Crippen molar-refractivity contribution in [1.82, 2.24) is 24.8 Å². The minimum atomic E-state index is 0.346. The highest BCUT2D eigenvalue weighted by atomic mass is 16.5. The third kappa shape index (κ3) is 3.45. The first kappa shape index (κ1) is 20.2. The van der Waals surface area contributed by atoms with E-state index in [4.69, 9.17) is 9.72 Å². The molecular formula is C25H29N7O. The van der Waals surface area contributed by atoms with Crippen LogP contribution in [0.1, 0.15) is 32.7 Å². The molecule has 3 aliphatic rings. The quantitative estimate of drug-likeness (QED) is 0.477. The Balaban J connectivity index is 1.34. The smallest absolute Gasteiger partial charge is 0.228 e. The van der Waals surface area contributed by atoms with E-state index in [1.807, 2.05) is 18.5 Å². The number of methoxy groups -OCH3 is 1. The van der Waals surface area contributed by atoms with Crippen molar-refractivity contribution in [1.29, 1.82) is 0 Å². The van der Waals surface area contributed by atoms with Crippen molar-refractivity contribution in [2.75, 3.05) is 30.4 Å². The van der Waals surface area contributed by atoms with Gasteiger partial charge in [0.05, 0.1) is 24.5 Å². The van der Waals surface area contributed by atoms with E-state index in [1.165, 1.54) is 18.2 Å². The number of nitrogens with one attached hydrogen (secondary N) is 2. The average molecular weight is 444 g/mol. The van der Waals surface area contributed by atoms with Crippen LogP contribution >= 0.6 is 0 Å². The Bertz CT molecular complexity index is 1320. The average Bonchev–Trinajstić information content (AvgIpc) is 3.30. The highest BCUT2D eigenvalue weighted by molar-refractivity contribution is 6.03. The minimum absolute atomic E-state index is 0.346. The predicted molar refractivity (Wildman–Crippen MR) is 132 cm³/mol. The largest absolute Gasteiger partial charge is 0.494 e. The molecule has 2 N–H and O–H groups in total. The van der Waals surface area contributed by atoms with Gasteiger partial charge in [-0.05, 0) is 32.8 Å². The maximum absolute atomic E-state index is 5.76. The zero-order valence-corrected chi connectivity index (χ0v) is 19.2. The van der Waals surface area contributed by atoms with E-state index in [2.05, 4.69) is 68.3 Å². The van der Waals surface area contributed by atoms with Gasteiger partial charge in [0.15, 0.2) is 0 Å². The maximum atomic E-state index is 5.76. The van der Waals surface area contributed by atoms with E-state index in [1.54, 1.807) is 7.11 Å². The molecule has 33 heavy (non-hydrogen) atoms. The summed E-state index contributed by atoms with van der Waals surface area (Å²) in [5, 5.41) is 9.08. The molecule has 1 aromatic carbocycles. The van der Waals surface area contributed by atoms with Crippen LogP contribution in [0.3, 0.4) is 0 Å². The van der Waals surface area contributed by atoms with Gasteiger partial charge in [0, 0.05) is 60.4 Å². The fourth-order valence-corrected chi connectivity index (χ4v) is 5.23. The summed E-state index contributed by atoms with van der Waals surface area (Å²) in [6, 6.07) is 9.66. The molecule has 0 saturated carbocycles. The van der Waals surface area contributed by atoms with Crippen molar-refractivity contribution in [2.24, 2.45) is 0 Å². The maximum Gasteiger partial charge on any atom is 0.228 e. The normalized spacial score (nSPS) is 20.2. The molecule has 0 amide bonds. The molecule has 0 radical (unpaired) electrons. The van der Waals surface area contributed by atoms with Gasteiger partial charge in [-0.25, -0.2) is 15.0 Å². The molecule has 0 aliphatic carbocycles. The molecule has 3 aromatic heterocycles. The van der Waals surface area contributed by atoms with Crippen LogP contribution in [0.25, 0.3) is 21.8 Å². The van der Waals surface area contributed by atoms with Gasteiger partial charge in [0.2, 0.25) is 5.95 Å². The summed E-state index contributed by atoms with van der Waals surface area (Å²) >= 11 is 0. The molecule has 0 spiro atoms. The zero-order chi connectivity index (χ0) is 22.5. The lowest BCUT2D eigenvalue weighted by atomic mass is 9.92. The lowest BCUT2D eigenvalue weighted by Crippen LogP contribution is -2.61. The van der Waals surface area contributed by atoms with Gasteiger partial charge in [0.25, 0.3) is 0 Å². The molecule has 3 fully saturated rings. The molecule has 2 unspecified atom stereocenters. The van der Waals surface area contributed by atoms with Gasteiger partial charge >= 0.3 is 0 Å². The fraction of sp³-hybridized carbons (Fsp3) is 0.400. The summed E-state index contributed by atoms with van der Waals surface area (Å²) in [5.41, 5.74) is 3.11. The van der Waals surface area contributed by atoms with E-state index in [0.717, 1.165) is 40.9 Å². The van der Waals surface area contributed by atoms with Crippen LogP contribution in [0.2, 0.25) is 0 Å². The lowest BCUT2D eigenvalue weighted by molar-refractivity contribution is 0.287. The number of pyridine rings is 1. The fourth-order valence-electron chi connectivity index (χ4n) is 5.23. The van der Waals surface area contributed by atoms with Crippen LogP contribution in [0, 0.1) is 0 Å². The molecular weight excluding hydrogens is 414 g/mol. The van der Waals surface area contributed by atoms with Gasteiger partial charge < -0.3 is 24.8 Å². The number of piperazine rings is 1. The Morgan fingerprint density at radius 2 is 2.00 bits per heavy atom. The van der Waals surface area contributed by atoms with Crippen molar-refractivity contribution in [2.45, 2.75) is 44.8 Å². The standard InChI is InChI=1S/C25H29N7O/c1-15(2)31-9-8-16-4-5-17-11-28-25(30-23(17)24(16)31)29-22-10-21(33-3)20(13-27-22)32-14-18-6-7-19(32)12-26-18/h4-5,8-11,13,15,18-19,26H,6-7,12,14H2,1-3H3,(H,27,28,29,30). The van der Waals surface area contributed by atoms with Crippen molar-refractivity contribution in [3.8, 4) is 5.75 Å². The van der Waals surface area contributed by atoms with Crippen molar-refractivity contribution in [3.63, 3.8) is 0 Å². The van der Waals surface area contributed by atoms with Gasteiger partial charge in [-0.15, -0.1) is 0 Å². The summed E-state index contributed by atoms with van der Waals surface area (Å²) in [5.74, 6) is 2.01. The number of ether oxygens (including phenoxy) is 1.